The van der Waals surface area contributed by atoms with E-state index in [0.29, 0.717) is 24.2 Å². The van der Waals surface area contributed by atoms with Crippen LogP contribution >= 0.6 is 0 Å². The van der Waals surface area contributed by atoms with Gasteiger partial charge in [-0.25, -0.2) is 0 Å². The topological polar surface area (TPSA) is 199 Å². The van der Waals surface area contributed by atoms with Gasteiger partial charge in [0.15, 0.2) is 12.6 Å². The molecule has 5 fully saturated rings. The van der Waals surface area contributed by atoms with E-state index in [-0.39, 0.29) is 29.0 Å². The highest BCUT2D eigenvalue weighted by Crippen LogP contribution is 2.67. The van der Waals surface area contributed by atoms with Gasteiger partial charge in [-0.3, -0.25) is 0 Å². The van der Waals surface area contributed by atoms with Crippen molar-refractivity contribution in [3.63, 3.8) is 0 Å². The number of fused-ring (bicyclic) bond motifs is 5. The van der Waals surface area contributed by atoms with Crippen molar-refractivity contribution in [2.45, 2.75) is 146 Å². The fourth-order valence-electron chi connectivity index (χ4n) is 10.4. The molecule has 6 aliphatic rings. The molecule has 18 atom stereocenters. The summed E-state index contributed by atoms with van der Waals surface area (Å²) in [5, 5.41) is 80.9. The summed E-state index contributed by atoms with van der Waals surface area (Å²) in [6, 6.07) is 0. The third-order valence-corrected chi connectivity index (χ3v) is 13.1. The summed E-state index contributed by atoms with van der Waals surface area (Å²) in [6.07, 6.45) is -3.21. The van der Waals surface area contributed by atoms with Crippen molar-refractivity contribution in [1.29, 1.82) is 0 Å². The summed E-state index contributed by atoms with van der Waals surface area (Å²) in [4.78, 5) is 0. The zero-order valence-corrected chi connectivity index (χ0v) is 26.6. The predicted molar refractivity (Wildman–Crippen MR) is 158 cm³/mol. The lowest BCUT2D eigenvalue weighted by Gasteiger charge is -2.58. The van der Waals surface area contributed by atoms with Crippen molar-refractivity contribution in [1.82, 2.24) is 0 Å². The summed E-state index contributed by atoms with van der Waals surface area (Å²) in [5.41, 5.74) is 1.46. The molecule has 8 N–H and O–H groups in total. The van der Waals surface area contributed by atoms with Crippen LogP contribution in [0, 0.1) is 34.5 Å². The minimum Gasteiger partial charge on any atom is -0.394 e. The van der Waals surface area contributed by atoms with Gasteiger partial charge in [0.2, 0.25) is 0 Å². The molecular formula is C33H54O12. The van der Waals surface area contributed by atoms with Gasteiger partial charge in [0, 0.05) is 0 Å². The average molecular weight is 643 g/mol. The van der Waals surface area contributed by atoms with Gasteiger partial charge in [-0.05, 0) is 92.8 Å². The van der Waals surface area contributed by atoms with Crippen LogP contribution in [0.4, 0.5) is 0 Å². The van der Waals surface area contributed by atoms with E-state index < -0.39 is 74.6 Å². The fourth-order valence-corrected chi connectivity index (χ4v) is 10.4. The molecule has 45 heavy (non-hydrogen) atoms. The average Bonchev–Trinajstić information content (AvgIpc) is 3.39. The van der Waals surface area contributed by atoms with Crippen LogP contribution in [0.25, 0.3) is 0 Å². The van der Waals surface area contributed by atoms with Crippen LogP contribution < -0.4 is 0 Å². The molecule has 12 nitrogen and oxygen atoms in total. The summed E-state index contributed by atoms with van der Waals surface area (Å²) in [5.74, 6) is 1.81. The summed E-state index contributed by atoms with van der Waals surface area (Å²) >= 11 is 0. The van der Waals surface area contributed by atoms with Gasteiger partial charge < -0.3 is 59.8 Å². The maximum absolute atomic E-state index is 10.6. The Morgan fingerprint density at radius 3 is 2.04 bits per heavy atom. The Hall–Kier alpha value is -0.740. The van der Waals surface area contributed by atoms with E-state index in [4.69, 9.17) is 18.9 Å². The maximum Gasteiger partial charge on any atom is 0.186 e. The monoisotopic (exact) mass is 642 g/mol. The van der Waals surface area contributed by atoms with Gasteiger partial charge in [0.1, 0.15) is 48.8 Å². The number of rotatable bonds is 7. The Kier molecular flexibility index (Phi) is 9.82. The molecule has 6 rings (SSSR count). The first kappa shape index (κ1) is 34.1. The third-order valence-electron chi connectivity index (χ3n) is 13.1. The zero-order chi connectivity index (χ0) is 32.4. The van der Waals surface area contributed by atoms with Gasteiger partial charge in [-0.2, -0.15) is 0 Å². The lowest BCUT2D eigenvalue weighted by atomic mass is 9.47. The fraction of sp³-hybridized carbons (Fsp3) is 0.939. The van der Waals surface area contributed by atoms with E-state index >= 15 is 0 Å². The Labute approximate surface area is 265 Å². The summed E-state index contributed by atoms with van der Waals surface area (Å²) in [6.45, 7) is 5.80. The first-order chi connectivity index (χ1) is 21.3. The molecule has 0 aromatic rings. The molecule has 3 saturated carbocycles. The SMILES string of the molecule is CC(OC1OC(CO)C(O)C(O)C1O)C1CCC2C3CC=C4CC(OC5OC(CO)C(O)C(O)C5O)CCC4(C)C3CCC12C. The lowest BCUT2D eigenvalue weighted by molar-refractivity contribution is -0.316. The molecule has 0 bridgehead atoms. The molecule has 0 aromatic carbocycles. The number of hydrogen-bond donors (Lipinski definition) is 8. The molecule has 0 spiro atoms. The van der Waals surface area contributed by atoms with E-state index in [0.717, 1.165) is 44.9 Å². The van der Waals surface area contributed by atoms with Crippen LogP contribution in [0.2, 0.25) is 0 Å². The van der Waals surface area contributed by atoms with Crippen LogP contribution in [-0.2, 0) is 18.9 Å². The molecule has 0 radical (unpaired) electrons. The second kappa shape index (κ2) is 12.9. The quantitative estimate of drug-likeness (QED) is 0.173. The number of allylic oxidation sites excluding steroid dienone is 1. The van der Waals surface area contributed by atoms with Crippen molar-refractivity contribution in [3.05, 3.63) is 11.6 Å². The molecule has 18 unspecified atom stereocenters. The molecule has 258 valence electrons. The standard InChI is InChI=1S/C33H54O12/c1-15(42-30-28(40)26(38)24(36)22(13-34)44-30)19-6-7-20-18-5-4-16-12-17(8-10-32(16,2)21(18)9-11-33(19,20)3)43-31-29(41)27(39)25(37)23(14-35)45-31/h4,15,17-31,34-41H,5-14H2,1-3H3. The summed E-state index contributed by atoms with van der Waals surface area (Å²) in [7, 11) is 0. The minimum absolute atomic E-state index is 0.0377. The second-order valence-electron chi connectivity index (χ2n) is 15.2. The van der Waals surface area contributed by atoms with E-state index in [1.54, 1.807) is 0 Å². The third kappa shape index (κ3) is 5.74. The largest absolute Gasteiger partial charge is 0.394 e. The van der Waals surface area contributed by atoms with Crippen molar-refractivity contribution >= 4 is 0 Å². The number of ether oxygens (including phenoxy) is 4. The van der Waals surface area contributed by atoms with Crippen LogP contribution in [0.3, 0.4) is 0 Å². The highest BCUT2D eigenvalue weighted by atomic mass is 16.7. The van der Waals surface area contributed by atoms with Gasteiger partial charge in [-0.1, -0.05) is 25.5 Å². The van der Waals surface area contributed by atoms with Gasteiger partial charge in [0.25, 0.3) is 0 Å². The van der Waals surface area contributed by atoms with E-state index in [9.17, 15) is 40.9 Å². The Morgan fingerprint density at radius 2 is 1.40 bits per heavy atom. The molecule has 4 aliphatic carbocycles. The molecule has 12 heteroatoms. The maximum atomic E-state index is 10.6. The smallest absolute Gasteiger partial charge is 0.186 e. The number of hydrogen-bond acceptors (Lipinski definition) is 12. The van der Waals surface area contributed by atoms with Gasteiger partial charge in [0.05, 0.1) is 25.4 Å². The van der Waals surface area contributed by atoms with Crippen LogP contribution in [0.1, 0.15) is 72.1 Å². The van der Waals surface area contributed by atoms with Crippen LogP contribution in [-0.4, -0.2) is 128 Å². The van der Waals surface area contributed by atoms with Crippen molar-refractivity contribution in [2.24, 2.45) is 34.5 Å². The van der Waals surface area contributed by atoms with Crippen LogP contribution in [0.15, 0.2) is 11.6 Å². The van der Waals surface area contributed by atoms with E-state index in [1.807, 2.05) is 6.92 Å². The van der Waals surface area contributed by atoms with Gasteiger partial charge in [-0.15, -0.1) is 0 Å². The lowest BCUT2D eigenvalue weighted by Crippen LogP contribution is -2.60. The predicted octanol–water partition coefficient (Wildman–Crippen LogP) is -0.0445. The molecule has 2 saturated heterocycles. The van der Waals surface area contributed by atoms with E-state index in [1.165, 1.54) is 5.57 Å². The molecule has 2 heterocycles. The molecule has 0 amide bonds. The Bertz CT molecular complexity index is 1070. The minimum atomic E-state index is -1.46. The first-order valence-electron chi connectivity index (χ1n) is 17.0. The zero-order valence-electron chi connectivity index (χ0n) is 26.6. The normalized spacial score (nSPS) is 54.0. The van der Waals surface area contributed by atoms with Gasteiger partial charge >= 0.3 is 0 Å². The highest BCUT2D eigenvalue weighted by Gasteiger charge is 2.60. The van der Waals surface area contributed by atoms with E-state index in [2.05, 4.69) is 19.9 Å². The number of aliphatic hydroxyl groups excluding tert-OH is 8. The molecule has 0 aromatic heterocycles. The highest BCUT2D eigenvalue weighted by molar-refractivity contribution is 5.25. The van der Waals surface area contributed by atoms with Crippen LogP contribution in [0.5, 0.6) is 0 Å². The van der Waals surface area contributed by atoms with Crippen molar-refractivity contribution in [3.8, 4) is 0 Å². The Morgan fingerprint density at radius 1 is 0.778 bits per heavy atom. The Balaban J connectivity index is 1.11. The number of aliphatic hydroxyl groups is 8. The first-order valence-corrected chi connectivity index (χ1v) is 17.0. The molecule has 2 aliphatic heterocycles. The van der Waals surface area contributed by atoms with Crippen molar-refractivity contribution in [2.75, 3.05) is 13.2 Å². The second-order valence-corrected chi connectivity index (χ2v) is 15.2. The van der Waals surface area contributed by atoms with Crippen molar-refractivity contribution < 1.29 is 59.8 Å². The summed E-state index contributed by atoms with van der Waals surface area (Å²) < 4.78 is 23.7. The molecular weight excluding hydrogens is 588 g/mol.